The predicted molar refractivity (Wildman–Crippen MR) is 104 cm³/mol. The van der Waals surface area contributed by atoms with Crippen molar-refractivity contribution in [3.05, 3.63) is 35.9 Å². The number of anilines is 1. The van der Waals surface area contributed by atoms with Crippen molar-refractivity contribution >= 4 is 23.8 Å². The summed E-state index contributed by atoms with van der Waals surface area (Å²) in [5, 5.41) is 5.71. The second kappa shape index (κ2) is 10.6. The highest BCUT2D eigenvalue weighted by Gasteiger charge is 2.15. The first-order chi connectivity index (χ1) is 12.6. The van der Waals surface area contributed by atoms with E-state index >= 15 is 0 Å². The number of nitrogens with one attached hydrogen (secondary N) is 2. The van der Waals surface area contributed by atoms with E-state index in [1.807, 2.05) is 12.1 Å². The van der Waals surface area contributed by atoms with E-state index in [9.17, 15) is 9.59 Å². The van der Waals surface area contributed by atoms with E-state index in [-0.39, 0.29) is 12.0 Å². The first-order valence-electron chi connectivity index (χ1n) is 9.29. The van der Waals surface area contributed by atoms with Gasteiger partial charge >= 0.3 is 12.0 Å². The zero-order chi connectivity index (χ0) is 18.8. The summed E-state index contributed by atoms with van der Waals surface area (Å²) in [5.41, 5.74) is 1.57. The van der Waals surface area contributed by atoms with Gasteiger partial charge in [-0.2, -0.15) is 0 Å². The molecule has 0 aliphatic carbocycles. The van der Waals surface area contributed by atoms with E-state index in [4.69, 9.17) is 4.74 Å². The molecule has 1 aromatic carbocycles. The van der Waals surface area contributed by atoms with Crippen molar-refractivity contribution in [3.63, 3.8) is 0 Å². The Morgan fingerprint density at radius 2 is 2.08 bits per heavy atom. The van der Waals surface area contributed by atoms with Crippen LogP contribution in [0.2, 0.25) is 0 Å². The molecule has 1 fully saturated rings. The lowest BCUT2D eigenvalue weighted by Crippen LogP contribution is -2.41. The minimum absolute atomic E-state index is 0.204. The number of amides is 2. The Kier molecular flexibility index (Phi) is 8.15. The van der Waals surface area contributed by atoms with Crippen molar-refractivity contribution < 1.29 is 14.3 Å². The number of hydrogen-bond acceptors (Lipinski definition) is 4. The van der Waals surface area contributed by atoms with Crippen molar-refractivity contribution in [3.8, 4) is 0 Å². The van der Waals surface area contributed by atoms with Gasteiger partial charge in [-0.1, -0.05) is 19.1 Å². The van der Waals surface area contributed by atoms with E-state index in [1.165, 1.54) is 18.9 Å². The Morgan fingerprint density at radius 3 is 2.77 bits per heavy atom. The van der Waals surface area contributed by atoms with Gasteiger partial charge in [0, 0.05) is 31.4 Å². The average Bonchev–Trinajstić information content (AvgIpc) is 2.61. The quantitative estimate of drug-likeness (QED) is 0.580. The van der Waals surface area contributed by atoms with E-state index < -0.39 is 0 Å². The Labute approximate surface area is 155 Å². The molecular weight excluding hydrogens is 330 g/mol. The molecule has 1 aromatic rings. The molecule has 0 bridgehead atoms. The zero-order valence-corrected chi connectivity index (χ0v) is 15.7. The zero-order valence-electron chi connectivity index (χ0n) is 15.7. The summed E-state index contributed by atoms with van der Waals surface area (Å²) in [6, 6.07) is 7.07. The van der Waals surface area contributed by atoms with E-state index in [1.54, 1.807) is 25.1 Å². The average molecular weight is 359 g/mol. The number of carbonyl (C=O) groups excluding carboxylic acids is 2. The van der Waals surface area contributed by atoms with E-state index in [0.29, 0.717) is 18.8 Å². The highest BCUT2D eigenvalue weighted by molar-refractivity contribution is 5.90. The molecule has 1 saturated heterocycles. The van der Waals surface area contributed by atoms with Crippen LogP contribution in [0.4, 0.5) is 10.5 Å². The van der Waals surface area contributed by atoms with Gasteiger partial charge in [0.1, 0.15) is 0 Å². The highest BCUT2D eigenvalue weighted by atomic mass is 16.5. The van der Waals surface area contributed by atoms with E-state index in [2.05, 4.69) is 22.5 Å². The van der Waals surface area contributed by atoms with Gasteiger partial charge in [-0.3, -0.25) is 0 Å². The normalized spacial score (nSPS) is 17.8. The largest absolute Gasteiger partial charge is 0.463 e. The topological polar surface area (TPSA) is 70.7 Å². The van der Waals surface area contributed by atoms with Crippen LogP contribution < -0.4 is 10.6 Å². The van der Waals surface area contributed by atoms with Gasteiger partial charge in [-0.15, -0.1) is 0 Å². The second-order valence-corrected chi connectivity index (χ2v) is 6.64. The van der Waals surface area contributed by atoms with Gasteiger partial charge in [-0.25, -0.2) is 9.59 Å². The number of rotatable bonds is 7. The summed E-state index contributed by atoms with van der Waals surface area (Å²) in [7, 11) is 0. The third kappa shape index (κ3) is 7.27. The molecular formula is C20H29N3O3. The number of hydrogen-bond donors (Lipinski definition) is 2. The molecule has 1 atom stereocenters. The fourth-order valence-electron chi connectivity index (χ4n) is 3.02. The molecule has 0 spiro atoms. The molecule has 0 radical (unpaired) electrons. The Balaban J connectivity index is 1.70. The minimum atomic E-state index is -0.364. The van der Waals surface area contributed by atoms with Gasteiger partial charge in [0.25, 0.3) is 0 Å². The molecule has 6 heteroatoms. The summed E-state index contributed by atoms with van der Waals surface area (Å²) in [6.45, 7) is 8.16. The molecule has 1 heterocycles. The summed E-state index contributed by atoms with van der Waals surface area (Å²) in [5.74, 6) is 0.381. The van der Waals surface area contributed by atoms with Crippen LogP contribution in [-0.4, -0.2) is 49.7 Å². The Bertz CT molecular complexity index is 613. The maximum Gasteiger partial charge on any atom is 0.330 e. The Morgan fingerprint density at radius 1 is 1.31 bits per heavy atom. The number of nitrogens with zero attached hydrogens (tertiary/aromatic N) is 1. The fourth-order valence-corrected chi connectivity index (χ4v) is 3.02. The number of benzene rings is 1. The predicted octanol–water partition coefficient (Wildman–Crippen LogP) is 3.12. The molecule has 0 unspecified atom stereocenters. The monoisotopic (exact) mass is 359 g/mol. The second-order valence-electron chi connectivity index (χ2n) is 6.64. The smallest absolute Gasteiger partial charge is 0.330 e. The molecule has 2 N–H and O–H groups in total. The summed E-state index contributed by atoms with van der Waals surface area (Å²) in [4.78, 5) is 25.7. The van der Waals surface area contributed by atoms with Crippen molar-refractivity contribution in [2.75, 3.05) is 38.1 Å². The lowest BCUT2D eigenvalue weighted by atomic mass is 10.0. The van der Waals surface area contributed by atoms with Crippen LogP contribution >= 0.6 is 0 Å². The minimum Gasteiger partial charge on any atom is -0.463 e. The summed E-state index contributed by atoms with van der Waals surface area (Å²) < 4.78 is 4.83. The van der Waals surface area contributed by atoms with Crippen LogP contribution in [0.3, 0.4) is 0 Å². The first kappa shape index (κ1) is 20.0. The molecule has 1 aliphatic rings. The number of esters is 1. The third-order valence-electron chi connectivity index (χ3n) is 4.32. The molecule has 2 rings (SSSR count). The van der Waals surface area contributed by atoms with Gasteiger partial charge in [0.15, 0.2) is 0 Å². The SMILES string of the molecule is CCOC(=O)/C=C/c1ccc(NC(=O)NCCN2CCC[C@H](C)C2)cc1. The van der Waals surface area contributed by atoms with Crippen molar-refractivity contribution in [2.24, 2.45) is 5.92 Å². The molecule has 0 saturated carbocycles. The highest BCUT2D eigenvalue weighted by Crippen LogP contribution is 2.14. The number of urea groups is 1. The lowest BCUT2D eigenvalue weighted by Gasteiger charge is -2.30. The first-order valence-corrected chi connectivity index (χ1v) is 9.29. The molecule has 0 aromatic heterocycles. The van der Waals surface area contributed by atoms with Gasteiger partial charge in [-0.05, 0) is 56.0 Å². The molecule has 6 nitrogen and oxygen atoms in total. The molecule has 142 valence electrons. The van der Waals surface area contributed by atoms with Gasteiger partial charge in [0.05, 0.1) is 6.61 Å². The number of carbonyl (C=O) groups is 2. The van der Waals surface area contributed by atoms with Crippen LogP contribution in [0.25, 0.3) is 6.08 Å². The van der Waals surface area contributed by atoms with Crippen molar-refractivity contribution in [1.82, 2.24) is 10.2 Å². The number of ether oxygens (including phenoxy) is 1. The fraction of sp³-hybridized carbons (Fsp3) is 0.500. The van der Waals surface area contributed by atoms with Crippen LogP contribution in [0.15, 0.2) is 30.3 Å². The standard InChI is InChI=1S/C20H29N3O3/c1-3-26-19(24)11-8-17-6-9-18(10-7-17)22-20(25)21-12-14-23-13-4-5-16(2)15-23/h6-11,16H,3-5,12-15H2,1-2H3,(H2,21,22,25)/b11-8+/t16-/m0/s1. The maximum atomic E-state index is 12.0. The summed E-state index contributed by atoms with van der Waals surface area (Å²) >= 11 is 0. The van der Waals surface area contributed by atoms with Crippen LogP contribution in [0.5, 0.6) is 0 Å². The number of likely N-dealkylation sites (tertiary alicyclic amines) is 1. The summed E-state index contributed by atoms with van der Waals surface area (Å²) in [6.07, 6.45) is 5.61. The maximum absolute atomic E-state index is 12.0. The number of piperidine rings is 1. The molecule has 1 aliphatic heterocycles. The molecule has 26 heavy (non-hydrogen) atoms. The van der Waals surface area contributed by atoms with Gasteiger partial charge in [0.2, 0.25) is 0 Å². The van der Waals surface area contributed by atoms with Gasteiger partial charge < -0.3 is 20.3 Å². The van der Waals surface area contributed by atoms with Crippen LogP contribution in [-0.2, 0) is 9.53 Å². The van der Waals surface area contributed by atoms with E-state index in [0.717, 1.165) is 31.1 Å². The third-order valence-corrected chi connectivity index (χ3v) is 4.32. The Hall–Kier alpha value is -2.34. The molecule has 2 amide bonds. The van der Waals surface area contributed by atoms with Crippen LogP contribution in [0, 0.1) is 5.92 Å². The van der Waals surface area contributed by atoms with Crippen molar-refractivity contribution in [1.29, 1.82) is 0 Å². The van der Waals surface area contributed by atoms with Crippen LogP contribution in [0.1, 0.15) is 32.3 Å². The lowest BCUT2D eigenvalue weighted by molar-refractivity contribution is -0.137. The van der Waals surface area contributed by atoms with Crippen molar-refractivity contribution in [2.45, 2.75) is 26.7 Å².